The molecule has 226 valence electrons. The Bertz CT molecular complexity index is 488. The van der Waals surface area contributed by atoms with Gasteiger partial charge in [-0.2, -0.15) is 0 Å². The number of rotatable bonds is 30. The molecule has 0 aromatic rings. The fourth-order valence-corrected chi connectivity index (χ4v) is 6.16. The van der Waals surface area contributed by atoms with Crippen LogP contribution >= 0.6 is 0 Å². The smallest absolute Gasteiger partial charge is 0.101 e. The molecule has 38 heavy (non-hydrogen) atoms. The van der Waals surface area contributed by atoms with Gasteiger partial charge in [0.25, 0.3) is 0 Å². The summed E-state index contributed by atoms with van der Waals surface area (Å²) in [7, 11) is 0. The Morgan fingerprint density at radius 3 is 1.00 bits per heavy atom. The Morgan fingerprint density at radius 2 is 0.632 bits per heavy atom. The summed E-state index contributed by atoms with van der Waals surface area (Å²) in [6, 6.07) is 0. The van der Waals surface area contributed by atoms with Gasteiger partial charge < -0.3 is 9.80 Å². The van der Waals surface area contributed by atoms with Crippen molar-refractivity contribution in [2.24, 2.45) is 0 Å². The zero-order valence-electron chi connectivity index (χ0n) is 26.8. The largest absolute Gasteiger partial charge is 0.356 e. The molecule has 0 fully saturated rings. The lowest BCUT2D eigenvalue weighted by Gasteiger charge is -2.33. The van der Waals surface area contributed by atoms with Crippen molar-refractivity contribution in [1.29, 1.82) is 0 Å². The van der Waals surface area contributed by atoms with Gasteiger partial charge in [-0.1, -0.05) is 175 Å². The molecule has 0 radical (unpaired) electrons. The Labute approximate surface area is 241 Å². The minimum Gasteiger partial charge on any atom is -0.356 e. The van der Waals surface area contributed by atoms with Crippen LogP contribution in [0.15, 0.2) is 12.4 Å². The average Bonchev–Trinajstić information content (AvgIpc) is 3.31. The molecule has 0 saturated heterocycles. The van der Waals surface area contributed by atoms with Gasteiger partial charge in [0.15, 0.2) is 0 Å². The van der Waals surface area contributed by atoms with E-state index in [1.54, 1.807) is 0 Å². The molecule has 0 amide bonds. The number of hydrogen-bond donors (Lipinski definition) is 0. The van der Waals surface area contributed by atoms with Crippen LogP contribution in [0.3, 0.4) is 0 Å². The monoisotopic (exact) mass is 533 g/mol. The number of unbranched alkanes of at least 4 members (excludes halogenated alkanes) is 24. The highest BCUT2D eigenvalue weighted by Crippen LogP contribution is 2.23. The maximum Gasteiger partial charge on any atom is 0.101 e. The molecule has 0 aromatic heterocycles. The minimum absolute atomic E-state index is 0.641. The molecule has 0 spiro atoms. The molecule has 0 saturated carbocycles. The molecule has 1 aliphatic heterocycles. The van der Waals surface area contributed by atoms with Crippen LogP contribution in [-0.2, 0) is 0 Å². The summed E-state index contributed by atoms with van der Waals surface area (Å²) in [5.74, 6) is 0. The molecule has 1 heterocycles. The summed E-state index contributed by atoms with van der Waals surface area (Å²) in [5, 5.41) is 0. The average molecular weight is 533 g/mol. The van der Waals surface area contributed by atoms with E-state index in [0.717, 1.165) is 0 Å². The summed E-state index contributed by atoms with van der Waals surface area (Å²) in [5.41, 5.74) is 0. The first kappa shape index (κ1) is 35.4. The quantitative estimate of drug-likeness (QED) is 0.0848. The highest BCUT2D eigenvalue weighted by molar-refractivity contribution is 4.96. The van der Waals surface area contributed by atoms with Crippen molar-refractivity contribution in [3.63, 3.8) is 0 Å². The third kappa shape index (κ3) is 20.3. The molecule has 0 aliphatic carbocycles. The highest BCUT2D eigenvalue weighted by atomic mass is 15.4. The van der Waals surface area contributed by atoms with E-state index in [0.29, 0.717) is 6.17 Å². The zero-order chi connectivity index (χ0) is 27.4. The second-order valence-corrected chi connectivity index (χ2v) is 12.5. The molecule has 0 N–H and O–H groups in total. The van der Waals surface area contributed by atoms with Crippen molar-refractivity contribution < 1.29 is 0 Å². The van der Waals surface area contributed by atoms with Crippen molar-refractivity contribution in [3.8, 4) is 0 Å². The topological polar surface area (TPSA) is 6.48 Å². The lowest BCUT2D eigenvalue weighted by Crippen LogP contribution is -2.39. The first-order chi connectivity index (χ1) is 18.8. The standard InChI is InChI=1S/C36H72N2/c1-4-7-10-12-14-16-18-19-20-22-24-26-28-30-33-38-35-34-37(32-9-6-3)36(38)31-29-27-25-23-21-17-15-13-11-8-5-2/h34-36H,4-33H2,1-3H3. The summed E-state index contributed by atoms with van der Waals surface area (Å²) in [6.45, 7) is 9.45. The molecule has 1 unspecified atom stereocenters. The summed E-state index contributed by atoms with van der Waals surface area (Å²) in [4.78, 5) is 5.34. The van der Waals surface area contributed by atoms with E-state index in [-0.39, 0.29) is 0 Å². The van der Waals surface area contributed by atoms with Gasteiger partial charge in [-0.25, -0.2) is 0 Å². The molecule has 0 bridgehead atoms. The second-order valence-electron chi connectivity index (χ2n) is 12.5. The van der Waals surface area contributed by atoms with Crippen LogP contribution in [-0.4, -0.2) is 29.1 Å². The van der Waals surface area contributed by atoms with Crippen LogP contribution in [0.2, 0.25) is 0 Å². The van der Waals surface area contributed by atoms with Gasteiger partial charge in [0.05, 0.1) is 0 Å². The molecular weight excluding hydrogens is 460 g/mol. The van der Waals surface area contributed by atoms with E-state index in [2.05, 4.69) is 43.0 Å². The van der Waals surface area contributed by atoms with Gasteiger partial charge in [0, 0.05) is 25.5 Å². The number of nitrogens with zero attached hydrogens (tertiary/aromatic N) is 2. The number of hydrogen-bond acceptors (Lipinski definition) is 2. The molecule has 0 aromatic carbocycles. The van der Waals surface area contributed by atoms with E-state index >= 15 is 0 Å². The van der Waals surface area contributed by atoms with Crippen molar-refractivity contribution in [2.75, 3.05) is 13.1 Å². The van der Waals surface area contributed by atoms with Crippen LogP contribution in [0.4, 0.5) is 0 Å². The molecular formula is C36H72N2. The Hall–Kier alpha value is -0.660. The van der Waals surface area contributed by atoms with Crippen molar-refractivity contribution in [1.82, 2.24) is 9.80 Å². The third-order valence-corrected chi connectivity index (χ3v) is 8.82. The van der Waals surface area contributed by atoms with Gasteiger partial charge >= 0.3 is 0 Å². The van der Waals surface area contributed by atoms with Crippen molar-refractivity contribution >= 4 is 0 Å². The highest BCUT2D eigenvalue weighted by Gasteiger charge is 2.24. The van der Waals surface area contributed by atoms with E-state index < -0.39 is 0 Å². The summed E-state index contributed by atoms with van der Waals surface area (Å²) >= 11 is 0. The van der Waals surface area contributed by atoms with E-state index in [4.69, 9.17) is 0 Å². The molecule has 1 rings (SSSR count). The third-order valence-electron chi connectivity index (χ3n) is 8.82. The Balaban J connectivity index is 2.06. The first-order valence-corrected chi connectivity index (χ1v) is 18.0. The molecule has 2 nitrogen and oxygen atoms in total. The van der Waals surface area contributed by atoms with Gasteiger partial charge in [-0.3, -0.25) is 0 Å². The maximum atomic E-state index is 2.69. The van der Waals surface area contributed by atoms with Crippen LogP contribution in [0.5, 0.6) is 0 Å². The SMILES string of the molecule is CCCCCCCCCCCCCCCCN1C=CN(CCCC)C1CCCCCCCCCCCCC. The minimum atomic E-state index is 0.641. The van der Waals surface area contributed by atoms with Gasteiger partial charge in [-0.05, 0) is 25.7 Å². The van der Waals surface area contributed by atoms with Crippen LogP contribution in [0.25, 0.3) is 0 Å². The van der Waals surface area contributed by atoms with E-state index in [9.17, 15) is 0 Å². The molecule has 2 heteroatoms. The fourth-order valence-electron chi connectivity index (χ4n) is 6.16. The van der Waals surface area contributed by atoms with Crippen LogP contribution < -0.4 is 0 Å². The second kappa shape index (κ2) is 27.9. The molecule has 1 atom stereocenters. The zero-order valence-corrected chi connectivity index (χ0v) is 26.8. The van der Waals surface area contributed by atoms with Crippen LogP contribution in [0.1, 0.15) is 201 Å². The Morgan fingerprint density at radius 1 is 0.342 bits per heavy atom. The van der Waals surface area contributed by atoms with Gasteiger partial charge in [0.1, 0.15) is 6.17 Å². The van der Waals surface area contributed by atoms with Crippen LogP contribution in [0, 0.1) is 0 Å². The summed E-state index contributed by atoms with van der Waals surface area (Å²) < 4.78 is 0. The van der Waals surface area contributed by atoms with Gasteiger partial charge in [0.2, 0.25) is 0 Å². The van der Waals surface area contributed by atoms with E-state index in [1.807, 2.05) is 0 Å². The predicted octanol–water partition coefficient (Wildman–Crippen LogP) is 12.4. The first-order valence-electron chi connectivity index (χ1n) is 18.0. The fraction of sp³-hybridized carbons (Fsp3) is 0.944. The van der Waals surface area contributed by atoms with E-state index in [1.165, 1.54) is 193 Å². The van der Waals surface area contributed by atoms with Crippen molar-refractivity contribution in [3.05, 3.63) is 12.4 Å². The Kier molecular flexibility index (Phi) is 26.0. The van der Waals surface area contributed by atoms with Crippen molar-refractivity contribution in [2.45, 2.75) is 207 Å². The normalized spacial score (nSPS) is 15.3. The maximum absolute atomic E-state index is 2.69. The molecule has 1 aliphatic rings. The summed E-state index contributed by atoms with van der Waals surface area (Å²) in [6.07, 6.45) is 45.5. The predicted molar refractivity (Wildman–Crippen MR) is 173 cm³/mol. The lowest BCUT2D eigenvalue weighted by atomic mass is 10.0. The lowest BCUT2D eigenvalue weighted by molar-refractivity contribution is 0.136. The van der Waals surface area contributed by atoms with Gasteiger partial charge in [-0.15, -0.1) is 0 Å².